The molecule has 0 aliphatic heterocycles. The van der Waals surface area contributed by atoms with E-state index in [1.807, 2.05) is 18.2 Å². The van der Waals surface area contributed by atoms with Crippen LogP contribution in [0.1, 0.15) is 34.4 Å². The summed E-state index contributed by atoms with van der Waals surface area (Å²) >= 11 is 1.49. The topological polar surface area (TPSA) is 68.0 Å². The van der Waals surface area contributed by atoms with Gasteiger partial charge in [0.1, 0.15) is 5.69 Å². The highest BCUT2D eigenvalue weighted by molar-refractivity contribution is 7.09. The zero-order valence-corrected chi connectivity index (χ0v) is 13.0. The van der Waals surface area contributed by atoms with Crippen LogP contribution in [0.15, 0.2) is 35.7 Å². The molecule has 1 aromatic heterocycles. The molecule has 0 fully saturated rings. The molecule has 1 atom stereocenters. The summed E-state index contributed by atoms with van der Waals surface area (Å²) in [4.78, 5) is 16.5. The van der Waals surface area contributed by atoms with E-state index in [4.69, 9.17) is 5.73 Å². The fourth-order valence-corrected chi connectivity index (χ4v) is 2.90. The zero-order valence-electron chi connectivity index (χ0n) is 12.2. The molecule has 0 radical (unpaired) electrons. The van der Waals surface area contributed by atoms with Gasteiger partial charge in [-0.3, -0.25) is 4.79 Å². The van der Waals surface area contributed by atoms with Gasteiger partial charge in [-0.1, -0.05) is 37.3 Å². The van der Waals surface area contributed by atoms with Crippen molar-refractivity contribution in [1.29, 1.82) is 0 Å². The Kier molecular flexibility index (Phi) is 5.90. The molecular weight excluding hydrogens is 282 g/mol. The summed E-state index contributed by atoms with van der Waals surface area (Å²) in [6.07, 6.45) is 2.45. The highest BCUT2D eigenvalue weighted by Gasteiger charge is 2.15. The van der Waals surface area contributed by atoms with Gasteiger partial charge in [-0.15, -0.1) is 11.3 Å². The van der Waals surface area contributed by atoms with Gasteiger partial charge in [0.25, 0.3) is 5.91 Å². The molecule has 2 rings (SSSR count). The van der Waals surface area contributed by atoms with Crippen molar-refractivity contribution in [3.8, 4) is 0 Å². The number of hydrogen-bond acceptors (Lipinski definition) is 4. The van der Waals surface area contributed by atoms with Gasteiger partial charge in [0, 0.05) is 17.8 Å². The summed E-state index contributed by atoms with van der Waals surface area (Å²) in [5.74, 6) is -0.0997. The highest BCUT2D eigenvalue weighted by Crippen LogP contribution is 2.11. The van der Waals surface area contributed by atoms with Crippen LogP contribution in [-0.2, 0) is 12.8 Å². The zero-order chi connectivity index (χ0) is 15.1. The summed E-state index contributed by atoms with van der Waals surface area (Å²) in [5, 5.41) is 5.78. The first kappa shape index (κ1) is 15.7. The molecule has 5 heteroatoms. The molecule has 0 aliphatic carbocycles. The fourth-order valence-electron chi connectivity index (χ4n) is 2.11. The van der Waals surface area contributed by atoms with Crippen molar-refractivity contribution in [3.63, 3.8) is 0 Å². The monoisotopic (exact) mass is 303 g/mol. The molecule has 1 aromatic carbocycles. The number of thiazole rings is 1. The molecule has 1 heterocycles. The number of rotatable bonds is 7. The van der Waals surface area contributed by atoms with Crippen molar-refractivity contribution in [1.82, 2.24) is 10.3 Å². The second-order valence-electron chi connectivity index (χ2n) is 4.93. The van der Waals surface area contributed by atoms with Crippen molar-refractivity contribution in [2.75, 3.05) is 6.54 Å². The predicted molar refractivity (Wildman–Crippen MR) is 86.6 cm³/mol. The molecule has 112 valence electrons. The largest absolute Gasteiger partial charge is 0.348 e. The van der Waals surface area contributed by atoms with Gasteiger partial charge in [0.05, 0.1) is 5.01 Å². The van der Waals surface area contributed by atoms with Gasteiger partial charge in [0.15, 0.2) is 0 Å². The van der Waals surface area contributed by atoms with Crippen LogP contribution in [0, 0.1) is 0 Å². The van der Waals surface area contributed by atoms with Crippen molar-refractivity contribution in [2.24, 2.45) is 5.73 Å². The highest BCUT2D eigenvalue weighted by atomic mass is 32.1. The van der Waals surface area contributed by atoms with E-state index in [1.165, 1.54) is 16.9 Å². The lowest BCUT2D eigenvalue weighted by molar-refractivity contribution is 0.0931. The van der Waals surface area contributed by atoms with Crippen LogP contribution >= 0.6 is 11.3 Å². The first-order valence-corrected chi connectivity index (χ1v) is 8.10. The molecular formula is C16H21N3OS. The Hall–Kier alpha value is -1.72. The van der Waals surface area contributed by atoms with Gasteiger partial charge in [-0.05, 0) is 24.9 Å². The minimum Gasteiger partial charge on any atom is -0.348 e. The Bertz CT molecular complexity index is 568. The van der Waals surface area contributed by atoms with Crippen molar-refractivity contribution in [2.45, 2.75) is 32.2 Å². The molecule has 0 bridgehead atoms. The van der Waals surface area contributed by atoms with Gasteiger partial charge >= 0.3 is 0 Å². The Labute approximate surface area is 129 Å². The van der Waals surface area contributed by atoms with E-state index >= 15 is 0 Å². The Morgan fingerprint density at radius 3 is 2.81 bits per heavy atom. The number of benzene rings is 1. The van der Waals surface area contributed by atoms with Crippen LogP contribution < -0.4 is 11.1 Å². The van der Waals surface area contributed by atoms with E-state index in [2.05, 4.69) is 29.4 Å². The van der Waals surface area contributed by atoms with Gasteiger partial charge in [-0.2, -0.15) is 0 Å². The minimum atomic E-state index is -0.0997. The van der Waals surface area contributed by atoms with E-state index in [9.17, 15) is 4.79 Å². The van der Waals surface area contributed by atoms with Crippen LogP contribution in [-0.4, -0.2) is 23.5 Å². The average Bonchev–Trinajstić information content (AvgIpc) is 2.97. The van der Waals surface area contributed by atoms with E-state index in [-0.39, 0.29) is 11.9 Å². The second kappa shape index (κ2) is 7.90. The lowest BCUT2D eigenvalue weighted by Crippen LogP contribution is -2.36. The number of nitrogens with one attached hydrogen (secondary N) is 1. The lowest BCUT2D eigenvalue weighted by atomic mass is 10.0. The van der Waals surface area contributed by atoms with Crippen molar-refractivity contribution >= 4 is 17.2 Å². The number of nitrogens with zero attached hydrogens (tertiary/aromatic N) is 1. The van der Waals surface area contributed by atoms with E-state index in [1.54, 1.807) is 5.38 Å². The number of aromatic nitrogens is 1. The Morgan fingerprint density at radius 2 is 2.14 bits per heavy atom. The van der Waals surface area contributed by atoms with Crippen LogP contribution in [0.3, 0.4) is 0 Å². The van der Waals surface area contributed by atoms with Gasteiger partial charge in [0.2, 0.25) is 0 Å². The van der Waals surface area contributed by atoms with Crippen molar-refractivity contribution in [3.05, 3.63) is 52.0 Å². The van der Waals surface area contributed by atoms with Gasteiger partial charge in [-0.25, -0.2) is 4.98 Å². The smallest absolute Gasteiger partial charge is 0.270 e. The quantitative estimate of drug-likeness (QED) is 0.825. The van der Waals surface area contributed by atoms with Crippen LogP contribution in [0.4, 0.5) is 0 Å². The first-order chi connectivity index (χ1) is 10.2. The third-order valence-electron chi connectivity index (χ3n) is 3.30. The molecule has 2 aromatic rings. The summed E-state index contributed by atoms with van der Waals surface area (Å²) in [6, 6.07) is 10.3. The molecule has 0 saturated heterocycles. The van der Waals surface area contributed by atoms with Crippen LogP contribution in [0.25, 0.3) is 0 Å². The Balaban J connectivity index is 1.95. The first-order valence-electron chi connectivity index (χ1n) is 7.22. The maximum atomic E-state index is 12.2. The summed E-state index contributed by atoms with van der Waals surface area (Å²) < 4.78 is 0. The number of hydrogen-bond donors (Lipinski definition) is 2. The van der Waals surface area contributed by atoms with Crippen LogP contribution in [0.5, 0.6) is 0 Å². The molecule has 0 aliphatic rings. The molecule has 1 unspecified atom stereocenters. The SMILES string of the molecule is CCC(Cc1ccccc1)NC(=O)c1csc(CCN)n1. The third kappa shape index (κ3) is 4.65. The minimum absolute atomic E-state index is 0.0997. The Morgan fingerprint density at radius 1 is 1.38 bits per heavy atom. The number of nitrogens with two attached hydrogens (primary N) is 1. The van der Waals surface area contributed by atoms with Crippen molar-refractivity contribution < 1.29 is 4.79 Å². The fraction of sp³-hybridized carbons (Fsp3) is 0.375. The summed E-state index contributed by atoms with van der Waals surface area (Å²) in [5.41, 5.74) is 7.22. The number of carbonyl (C=O) groups excluding carboxylic acids is 1. The normalized spacial score (nSPS) is 12.1. The van der Waals surface area contributed by atoms with Gasteiger partial charge < -0.3 is 11.1 Å². The molecule has 0 saturated carbocycles. The average molecular weight is 303 g/mol. The lowest BCUT2D eigenvalue weighted by Gasteiger charge is -2.16. The van der Waals surface area contributed by atoms with E-state index in [0.29, 0.717) is 12.2 Å². The third-order valence-corrected chi connectivity index (χ3v) is 4.20. The molecule has 21 heavy (non-hydrogen) atoms. The summed E-state index contributed by atoms with van der Waals surface area (Å²) in [7, 11) is 0. The molecule has 3 N–H and O–H groups in total. The molecule has 1 amide bonds. The van der Waals surface area contributed by atoms with Crippen LogP contribution in [0.2, 0.25) is 0 Å². The predicted octanol–water partition coefficient (Wildman–Crippen LogP) is 2.40. The van der Waals surface area contributed by atoms with E-state index < -0.39 is 0 Å². The summed E-state index contributed by atoms with van der Waals surface area (Å²) in [6.45, 7) is 2.63. The number of carbonyl (C=O) groups is 1. The molecule has 0 spiro atoms. The number of amides is 1. The standard InChI is InChI=1S/C16H21N3OS/c1-2-13(10-12-6-4-3-5-7-12)18-16(20)14-11-21-15(19-14)8-9-17/h3-7,11,13H,2,8-10,17H2,1H3,(H,18,20). The maximum absolute atomic E-state index is 12.2. The molecule has 4 nitrogen and oxygen atoms in total. The van der Waals surface area contributed by atoms with E-state index in [0.717, 1.165) is 24.3 Å². The maximum Gasteiger partial charge on any atom is 0.270 e. The second-order valence-corrected chi connectivity index (χ2v) is 5.88.